The van der Waals surface area contributed by atoms with Crippen molar-refractivity contribution < 1.29 is 9.53 Å². The van der Waals surface area contributed by atoms with Gasteiger partial charge < -0.3 is 14.6 Å². The Morgan fingerprint density at radius 1 is 1.14 bits per heavy atom. The molecule has 0 radical (unpaired) electrons. The molecule has 29 heavy (non-hydrogen) atoms. The second kappa shape index (κ2) is 7.78. The number of fused-ring (bicyclic) bond motifs is 1. The van der Waals surface area contributed by atoms with E-state index in [1.54, 1.807) is 0 Å². The van der Waals surface area contributed by atoms with Gasteiger partial charge in [0, 0.05) is 31.6 Å². The van der Waals surface area contributed by atoms with E-state index in [9.17, 15) is 9.59 Å². The number of H-pyrrole nitrogens is 1. The minimum absolute atomic E-state index is 0.0604. The molecule has 1 N–H and O–H groups in total. The molecule has 3 heterocycles. The third-order valence-corrected chi connectivity index (χ3v) is 5.87. The van der Waals surface area contributed by atoms with Crippen LogP contribution in [-0.4, -0.2) is 63.7 Å². The van der Waals surface area contributed by atoms with Gasteiger partial charge in [0.25, 0.3) is 5.56 Å². The minimum Gasteiger partial charge on any atom is -0.444 e. The molecule has 1 aromatic heterocycles. The Hall–Kier alpha value is -2.41. The summed E-state index contributed by atoms with van der Waals surface area (Å²) >= 11 is 0. The number of para-hydroxylation sites is 1. The third kappa shape index (κ3) is 4.45. The smallest absolute Gasteiger partial charge is 0.410 e. The molecule has 4 rings (SSSR count). The number of likely N-dealkylation sites (tertiary alicyclic amines) is 2. The summed E-state index contributed by atoms with van der Waals surface area (Å²) in [7, 11) is 0. The number of carbonyl (C=O) groups is 1. The van der Waals surface area contributed by atoms with Crippen LogP contribution < -0.4 is 5.56 Å². The zero-order chi connectivity index (χ0) is 20.6. The second-order valence-corrected chi connectivity index (χ2v) is 9.15. The van der Waals surface area contributed by atoms with Crippen molar-refractivity contribution in [1.82, 2.24) is 19.8 Å². The van der Waals surface area contributed by atoms with E-state index >= 15 is 0 Å². The summed E-state index contributed by atoms with van der Waals surface area (Å²) in [5, 5.41) is 0.639. The summed E-state index contributed by atoms with van der Waals surface area (Å²) in [6, 6.07) is 7.95. The number of nitrogens with zero attached hydrogens (tertiary/aromatic N) is 3. The van der Waals surface area contributed by atoms with Gasteiger partial charge in [-0.05, 0) is 58.7 Å². The van der Waals surface area contributed by atoms with E-state index in [1.807, 2.05) is 49.9 Å². The Labute approximate surface area is 171 Å². The Morgan fingerprint density at radius 3 is 2.59 bits per heavy atom. The molecule has 2 aliphatic rings. The molecule has 0 saturated carbocycles. The average Bonchev–Trinajstić information content (AvgIpc) is 3.17. The summed E-state index contributed by atoms with van der Waals surface area (Å²) in [6.07, 6.45) is 2.68. The van der Waals surface area contributed by atoms with Crippen molar-refractivity contribution in [3.05, 3.63) is 40.4 Å². The molecule has 2 saturated heterocycles. The van der Waals surface area contributed by atoms with Crippen LogP contribution in [0.5, 0.6) is 0 Å². The highest BCUT2D eigenvalue weighted by atomic mass is 16.6. The van der Waals surface area contributed by atoms with E-state index in [0.717, 1.165) is 56.8 Å². The van der Waals surface area contributed by atoms with Crippen molar-refractivity contribution in [2.24, 2.45) is 0 Å². The van der Waals surface area contributed by atoms with Crippen molar-refractivity contribution in [1.29, 1.82) is 0 Å². The first-order valence-electron chi connectivity index (χ1n) is 10.5. The van der Waals surface area contributed by atoms with E-state index < -0.39 is 5.60 Å². The Kier molecular flexibility index (Phi) is 5.34. The first kappa shape index (κ1) is 19.9. The number of aromatic nitrogens is 2. The number of rotatable bonds is 2. The van der Waals surface area contributed by atoms with Crippen molar-refractivity contribution >= 4 is 17.0 Å². The van der Waals surface area contributed by atoms with Gasteiger partial charge in [-0.15, -0.1) is 0 Å². The Bertz CT molecular complexity index is 941. The van der Waals surface area contributed by atoms with Crippen molar-refractivity contribution in [3.63, 3.8) is 0 Å². The predicted molar refractivity (Wildman–Crippen MR) is 112 cm³/mol. The highest BCUT2D eigenvalue weighted by molar-refractivity contribution is 5.77. The molecule has 1 atom stereocenters. The fraction of sp³-hybridized carbons (Fsp3) is 0.591. The zero-order valence-corrected chi connectivity index (χ0v) is 17.5. The standard InChI is InChI=1S/C22H30N4O3/c1-22(2,3)29-21(28)25-12-9-16(10-13-25)26-11-8-15(14-26)19-23-18-7-5-4-6-17(18)20(27)24-19/h4-7,15-16H,8-14H2,1-3H3,(H,23,24,27)/t15-/m1/s1. The normalized spacial score (nSPS) is 21.6. The van der Waals surface area contributed by atoms with Gasteiger partial charge in [0.2, 0.25) is 0 Å². The van der Waals surface area contributed by atoms with Gasteiger partial charge in [-0.3, -0.25) is 9.69 Å². The van der Waals surface area contributed by atoms with Crippen LogP contribution in [0.15, 0.2) is 29.1 Å². The molecule has 7 nitrogen and oxygen atoms in total. The van der Waals surface area contributed by atoms with Crippen LogP contribution in [0.3, 0.4) is 0 Å². The lowest BCUT2D eigenvalue weighted by Crippen LogP contribution is -2.47. The lowest BCUT2D eigenvalue weighted by atomic mass is 10.0. The third-order valence-electron chi connectivity index (χ3n) is 5.87. The van der Waals surface area contributed by atoms with Crippen molar-refractivity contribution in [2.75, 3.05) is 26.2 Å². The number of ether oxygens (including phenoxy) is 1. The van der Waals surface area contributed by atoms with E-state index in [-0.39, 0.29) is 17.6 Å². The highest BCUT2D eigenvalue weighted by Gasteiger charge is 2.34. The number of piperidine rings is 1. The highest BCUT2D eigenvalue weighted by Crippen LogP contribution is 2.29. The summed E-state index contributed by atoms with van der Waals surface area (Å²) in [5.74, 6) is 1.04. The molecule has 1 amide bonds. The van der Waals surface area contributed by atoms with Gasteiger partial charge in [-0.1, -0.05) is 12.1 Å². The Morgan fingerprint density at radius 2 is 1.86 bits per heavy atom. The topological polar surface area (TPSA) is 78.5 Å². The van der Waals surface area contributed by atoms with Crippen molar-refractivity contribution in [2.45, 2.75) is 57.6 Å². The zero-order valence-electron chi connectivity index (χ0n) is 17.5. The molecule has 2 aliphatic heterocycles. The average molecular weight is 399 g/mol. The number of nitrogens with one attached hydrogen (secondary N) is 1. The fourth-order valence-corrected chi connectivity index (χ4v) is 4.38. The fourth-order valence-electron chi connectivity index (χ4n) is 4.38. The van der Waals surface area contributed by atoms with Crippen LogP contribution in [-0.2, 0) is 4.74 Å². The largest absolute Gasteiger partial charge is 0.444 e. The lowest BCUT2D eigenvalue weighted by molar-refractivity contribution is 0.0155. The van der Waals surface area contributed by atoms with Gasteiger partial charge in [0.05, 0.1) is 10.9 Å². The van der Waals surface area contributed by atoms with Gasteiger partial charge in [-0.25, -0.2) is 9.78 Å². The first-order valence-corrected chi connectivity index (χ1v) is 10.5. The molecule has 2 aromatic rings. The molecule has 0 bridgehead atoms. The second-order valence-electron chi connectivity index (χ2n) is 9.15. The van der Waals surface area contributed by atoms with Gasteiger partial charge >= 0.3 is 6.09 Å². The summed E-state index contributed by atoms with van der Waals surface area (Å²) in [6.45, 7) is 9.04. The lowest BCUT2D eigenvalue weighted by Gasteiger charge is -2.37. The molecule has 0 aliphatic carbocycles. The van der Waals surface area contributed by atoms with E-state index in [0.29, 0.717) is 11.4 Å². The molecule has 1 aromatic carbocycles. The molecule has 0 spiro atoms. The number of benzene rings is 1. The summed E-state index contributed by atoms with van der Waals surface area (Å²) in [4.78, 5) is 36.7. The quantitative estimate of drug-likeness (QED) is 0.841. The minimum atomic E-state index is -0.458. The number of hydrogen-bond donors (Lipinski definition) is 1. The number of hydrogen-bond acceptors (Lipinski definition) is 5. The van der Waals surface area contributed by atoms with Gasteiger partial charge in [0.15, 0.2) is 0 Å². The van der Waals surface area contributed by atoms with Crippen LogP contribution in [0.4, 0.5) is 4.79 Å². The van der Waals surface area contributed by atoms with E-state index in [1.165, 1.54) is 0 Å². The molecule has 0 unspecified atom stereocenters. The number of carbonyl (C=O) groups excluding carboxylic acids is 1. The van der Waals surface area contributed by atoms with Crippen LogP contribution in [0.25, 0.3) is 10.9 Å². The van der Waals surface area contributed by atoms with Crippen LogP contribution in [0.2, 0.25) is 0 Å². The van der Waals surface area contributed by atoms with Gasteiger partial charge in [0.1, 0.15) is 11.4 Å². The van der Waals surface area contributed by atoms with E-state index in [2.05, 4.69) is 9.88 Å². The summed E-state index contributed by atoms with van der Waals surface area (Å²) in [5.41, 5.74) is 0.241. The van der Waals surface area contributed by atoms with Crippen LogP contribution >= 0.6 is 0 Å². The molecule has 2 fully saturated rings. The Balaban J connectivity index is 1.36. The molecular weight excluding hydrogens is 368 g/mol. The van der Waals surface area contributed by atoms with Gasteiger partial charge in [-0.2, -0.15) is 0 Å². The summed E-state index contributed by atoms with van der Waals surface area (Å²) < 4.78 is 5.49. The molecule has 156 valence electrons. The van der Waals surface area contributed by atoms with Crippen LogP contribution in [0.1, 0.15) is 51.8 Å². The monoisotopic (exact) mass is 398 g/mol. The predicted octanol–water partition coefficient (Wildman–Crippen LogP) is 3.11. The molecule has 7 heteroatoms. The maximum Gasteiger partial charge on any atom is 0.410 e. The molecular formula is C22H30N4O3. The maximum atomic E-state index is 12.4. The SMILES string of the molecule is CC(C)(C)OC(=O)N1CCC(N2CC[C@@H](c3nc4ccccc4c(=O)[nH]3)C2)CC1. The maximum absolute atomic E-state index is 12.4. The van der Waals surface area contributed by atoms with E-state index in [4.69, 9.17) is 9.72 Å². The van der Waals surface area contributed by atoms with Crippen LogP contribution in [0, 0.1) is 0 Å². The number of aromatic amines is 1. The first-order chi connectivity index (χ1) is 13.8. The number of amides is 1. The van der Waals surface area contributed by atoms with Crippen molar-refractivity contribution in [3.8, 4) is 0 Å².